The lowest BCUT2D eigenvalue weighted by molar-refractivity contribution is -0.116. The minimum Gasteiger partial charge on any atom is -0.302 e. The van der Waals surface area contributed by atoms with Crippen molar-refractivity contribution in [3.8, 4) is 10.6 Å². The number of hydrogen-bond acceptors (Lipinski definition) is 4. The van der Waals surface area contributed by atoms with Gasteiger partial charge in [0.25, 0.3) is 0 Å². The molecule has 0 fully saturated rings. The van der Waals surface area contributed by atoms with Gasteiger partial charge < -0.3 is 5.32 Å². The molecule has 0 spiro atoms. The lowest BCUT2D eigenvalue weighted by atomic mass is 10.3. The predicted molar refractivity (Wildman–Crippen MR) is 78.5 cm³/mol. The number of hydrogen-bond donors (Lipinski definition) is 1. The van der Waals surface area contributed by atoms with Gasteiger partial charge >= 0.3 is 0 Å². The normalized spacial score (nSPS) is 10.3. The number of thiazole rings is 1. The van der Waals surface area contributed by atoms with Crippen LogP contribution < -0.4 is 5.32 Å². The smallest absolute Gasteiger partial charge is 0.226 e. The van der Waals surface area contributed by atoms with Gasteiger partial charge in [-0.3, -0.25) is 4.79 Å². The minimum atomic E-state index is -0.0417. The van der Waals surface area contributed by atoms with Crippen LogP contribution in [0.5, 0.6) is 0 Å². The molecule has 0 atom stereocenters. The third-order valence-electron chi connectivity index (χ3n) is 2.15. The summed E-state index contributed by atoms with van der Waals surface area (Å²) in [5, 5.41) is 5.29. The average Bonchev–Trinajstić information content (AvgIpc) is 2.95. The van der Waals surface area contributed by atoms with E-state index in [1.807, 2.05) is 17.5 Å². The molecule has 0 saturated heterocycles. The zero-order valence-electron chi connectivity index (χ0n) is 9.48. The first kappa shape index (κ1) is 13.3. The van der Waals surface area contributed by atoms with E-state index in [4.69, 9.17) is 11.6 Å². The maximum Gasteiger partial charge on any atom is 0.226 e. The molecule has 0 aliphatic heterocycles. The Bertz CT molecular complexity index is 562. The van der Waals surface area contributed by atoms with Gasteiger partial charge in [-0.2, -0.15) is 0 Å². The maximum atomic E-state index is 11.5. The third-order valence-corrected chi connectivity index (χ3v) is 4.16. The molecule has 0 saturated carbocycles. The van der Waals surface area contributed by atoms with Gasteiger partial charge in [-0.05, 0) is 18.6 Å². The van der Waals surface area contributed by atoms with Crippen LogP contribution in [0.3, 0.4) is 0 Å². The highest BCUT2D eigenvalue weighted by Crippen LogP contribution is 2.32. The molecule has 1 N–H and O–H groups in total. The molecule has 6 heteroatoms. The number of thiophene rings is 1. The molecular weight excluding hydrogens is 288 g/mol. The number of aromatic nitrogens is 1. The van der Waals surface area contributed by atoms with Crippen molar-refractivity contribution in [3.05, 3.63) is 34.5 Å². The van der Waals surface area contributed by atoms with Crippen LogP contribution in [0, 0.1) is 0 Å². The monoisotopic (exact) mass is 298 g/mol. The van der Waals surface area contributed by atoms with Crippen molar-refractivity contribution in [2.45, 2.75) is 12.8 Å². The van der Waals surface area contributed by atoms with Gasteiger partial charge in [0.1, 0.15) is 0 Å². The maximum absolute atomic E-state index is 11.5. The Morgan fingerprint density at radius 1 is 1.56 bits per heavy atom. The summed E-state index contributed by atoms with van der Waals surface area (Å²) in [6, 6.07) is 3.76. The average molecular weight is 299 g/mol. The Kier molecular flexibility index (Phi) is 4.52. The molecule has 94 valence electrons. The van der Waals surface area contributed by atoms with E-state index in [1.54, 1.807) is 6.08 Å². The lowest BCUT2D eigenvalue weighted by Crippen LogP contribution is -2.10. The Hall–Kier alpha value is -1.17. The third kappa shape index (κ3) is 3.41. The second-order valence-corrected chi connectivity index (χ2v) is 6.09. The first-order valence-electron chi connectivity index (χ1n) is 5.31. The van der Waals surface area contributed by atoms with Crippen molar-refractivity contribution in [2.24, 2.45) is 0 Å². The standard InChI is InChI=1S/C12H11ClN2OS2/c1-2-3-4-11(16)15-12-14-8(7-17-12)9-5-6-10(13)18-9/h2,5-7H,1,3-4H2,(H,14,15,16). The van der Waals surface area contributed by atoms with Crippen molar-refractivity contribution in [1.29, 1.82) is 0 Å². The number of halogens is 1. The number of anilines is 1. The van der Waals surface area contributed by atoms with Crippen LogP contribution in [0.1, 0.15) is 12.8 Å². The van der Waals surface area contributed by atoms with Crippen LogP contribution in [0.15, 0.2) is 30.2 Å². The Morgan fingerprint density at radius 2 is 2.39 bits per heavy atom. The number of rotatable bonds is 5. The van der Waals surface area contributed by atoms with Crippen molar-refractivity contribution >= 4 is 45.3 Å². The van der Waals surface area contributed by atoms with Crippen LogP contribution >= 0.6 is 34.3 Å². The zero-order valence-corrected chi connectivity index (χ0v) is 11.9. The second kappa shape index (κ2) is 6.13. The van der Waals surface area contributed by atoms with Gasteiger partial charge in [0.05, 0.1) is 14.9 Å². The van der Waals surface area contributed by atoms with Crippen molar-refractivity contribution < 1.29 is 4.79 Å². The fraction of sp³-hybridized carbons (Fsp3) is 0.167. The first-order valence-corrected chi connectivity index (χ1v) is 7.38. The first-order chi connectivity index (χ1) is 8.69. The lowest BCUT2D eigenvalue weighted by Gasteiger charge is -1.98. The van der Waals surface area contributed by atoms with Crippen molar-refractivity contribution in [2.75, 3.05) is 5.32 Å². The number of nitrogens with zero attached hydrogens (tertiary/aromatic N) is 1. The van der Waals surface area contributed by atoms with Crippen LogP contribution in [-0.4, -0.2) is 10.9 Å². The molecule has 2 heterocycles. The van der Waals surface area contributed by atoms with E-state index < -0.39 is 0 Å². The minimum absolute atomic E-state index is 0.0417. The fourth-order valence-corrected chi connectivity index (χ4v) is 3.12. The van der Waals surface area contributed by atoms with E-state index in [2.05, 4.69) is 16.9 Å². The Labute approximate surface area is 118 Å². The summed E-state index contributed by atoms with van der Waals surface area (Å²) in [6.45, 7) is 3.58. The second-order valence-electron chi connectivity index (χ2n) is 3.52. The van der Waals surface area contributed by atoms with E-state index >= 15 is 0 Å². The van der Waals surface area contributed by atoms with Gasteiger partial charge in [-0.1, -0.05) is 17.7 Å². The fourth-order valence-electron chi connectivity index (χ4n) is 1.31. The van der Waals surface area contributed by atoms with Gasteiger partial charge in [0, 0.05) is 11.8 Å². The van der Waals surface area contributed by atoms with Crippen LogP contribution in [0.4, 0.5) is 5.13 Å². The van der Waals surface area contributed by atoms with Crippen LogP contribution in [0.2, 0.25) is 4.34 Å². The van der Waals surface area contributed by atoms with Crippen LogP contribution in [0.25, 0.3) is 10.6 Å². The summed E-state index contributed by atoms with van der Waals surface area (Å²) in [5.41, 5.74) is 0.843. The quantitative estimate of drug-likeness (QED) is 0.830. The summed E-state index contributed by atoms with van der Waals surface area (Å²) in [7, 11) is 0. The SMILES string of the molecule is C=CCCC(=O)Nc1nc(-c2ccc(Cl)s2)cs1. The molecule has 0 unspecified atom stereocenters. The molecule has 2 rings (SSSR count). The van der Waals surface area contributed by atoms with E-state index in [1.165, 1.54) is 22.7 Å². The summed E-state index contributed by atoms with van der Waals surface area (Å²) in [5.74, 6) is -0.0417. The summed E-state index contributed by atoms with van der Waals surface area (Å²) < 4.78 is 0.731. The van der Waals surface area contributed by atoms with Gasteiger partial charge in [-0.15, -0.1) is 29.3 Å². The van der Waals surface area contributed by atoms with E-state index in [9.17, 15) is 4.79 Å². The van der Waals surface area contributed by atoms with Gasteiger partial charge in [0.15, 0.2) is 5.13 Å². The molecule has 0 aliphatic rings. The molecule has 2 aromatic rings. The van der Waals surface area contributed by atoms with E-state index in [0.29, 0.717) is 18.0 Å². The van der Waals surface area contributed by atoms with E-state index in [-0.39, 0.29) is 5.91 Å². The molecule has 0 bridgehead atoms. The van der Waals surface area contributed by atoms with Crippen molar-refractivity contribution in [1.82, 2.24) is 4.98 Å². The molecule has 0 radical (unpaired) electrons. The summed E-state index contributed by atoms with van der Waals surface area (Å²) in [4.78, 5) is 16.9. The summed E-state index contributed by atoms with van der Waals surface area (Å²) in [6.07, 6.45) is 2.83. The molecule has 1 amide bonds. The molecule has 2 aromatic heterocycles. The largest absolute Gasteiger partial charge is 0.302 e. The molecule has 0 aromatic carbocycles. The van der Waals surface area contributed by atoms with Crippen LogP contribution in [-0.2, 0) is 4.79 Å². The highest BCUT2D eigenvalue weighted by atomic mass is 35.5. The number of nitrogens with one attached hydrogen (secondary N) is 1. The Morgan fingerprint density at radius 3 is 3.06 bits per heavy atom. The molecule has 3 nitrogen and oxygen atoms in total. The topological polar surface area (TPSA) is 42.0 Å². The van der Waals surface area contributed by atoms with E-state index in [0.717, 1.165) is 14.9 Å². The number of amides is 1. The number of allylic oxidation sites excluding steroid dienone is 1. The molecule has 0 aliphatic carbocycles. The highest BCUT2D eigenvalue weighted by molar-refractivity contribution is 7.20. The summed E-state index contributed by atoms with van der Waals surface area (Å²) >= 11 is 8.75. The highest BCUT2D eigenvalue weighted by Gasteiger charge is 2.09. The molecular formula is C12H11ClN2OS2. The molecule has 18 heavy (non-hydrogen) atoms. The van der Waals surface area contributed by atoms with Gasteiger partial charge in [-0.25, -0.2) is 4.98 Å². The number of carbonyl (C=O) groups excluding carboxylic acids is 1. The van der Waals surface area contributed by atoms with Gasteiger partial charge in [0.2, 0.25) is 5.91 Å². The zero-order chi connectivity index (χ0) is 13.0. The van der Waals surface area contributed by atoms with Crippen molar-refractivity contribution in [3.63, 3.8) is 0 Å². The predicted octanol–water partition coefficient (Wildman–Crippen LogP) is 4.43. The Balaban J connectivity index is 2.02. The number of carbonyl (C=O) groups is 1.